The SMILES string of the molecule is CC1C(=O)CCC2C1(C)CCC1C2(C)CCC23C(=O)OC(CC12C)C1(C)CCC(C)(C)CC13. The largest absolute Gasteiger partial charge is 0.461 e. The zero-order valence-electron chi connectivity index (χ0n) is 22.2. The topological polar surface area (TPSA) is 43.4 Å². The van der Waals surface area contributed by atoms with Crippen LogP contribution >= 0.6 is 0 Å². The summed E-state index contributed by atoms with van der Waals surface area (Å²) >= 11 is 0. The number of hydrogen-bond acceptors (Lipinski definition) is 3. The first-order chi connectivity index (χ1) is 15.2. The maximum atomic E-state index is 14.0. The van der Waals surface area contributed by atoms with Gasteiger partial charge in [0, 0.05) is 17.8 Å². The highest BCUT2D eigenvalue weighted by atomic mass is 16.6. The van der Waals surface area contributed by atoms with Gasteiger partial charge in [0.25, 0.3) is 0 Å². The standard InChI is InChI=1S/C30H46O3/c1-18-19(31)8-9-20-26(18,4)11-10-21-27(20,5)14-15-30-22-16-25(2,3)12-13-28(22,6)23(33-24(30)32)17-29(21,30)7/h18,20-23H,8-17H2,1-7H3. The molecule has 184 valence electrons. The van der Waals surface area contributed by atoms with Crippen LogP contribution in [-0.4, -0.2) is 17.9 Å². The van der Waals surface area contributed by atoms with E-state index in [-0.39, 0.29) is 45.1 Å². The molecule has 33 heavy (non-hydrogen) atoms. The van der Waals surface area contributed by atoms with E-state index in [4.69, 9.17) is 4.74 Å². The van der Waals surface area contributed by atoms with Crippen LogP contribution in [0.2, 0.25) is 0 Å². The normalized spacial score (nSPS) is 59.1. The van der Waals surface area contributed by atoms with Crippen molar-refractivity contribution < 1.29 is 14.3 Å². The number of rotatable bonds is 0. The van der Waals surface area contributed by atoms with E-state index in [9.17, 15) is 9.59 Å². The Morgan fingerprint density at radius 2 is 1.42 bits per heavy atom. The van der Waals surface area contributed by atoms with Crippen molar-refractivity contribution in [3.63, 3.8) is 0 Å². The maximum absolute atomic E-state index is 14.0. The highest BCUT2D eigenvalue weighted by molar-refractivity contribution is 5.83. The Morgan fingerprint density at radius 3 is 2.15 bits per heavy atom. The first-order valence-corrected chi connectivity index (χ1v) is 14.0. The summed E-state index contributed by atoms with van der Waals surface area (Å²) in [6, 6.07) is 0. The van der Waals surface area contributed by atoms with Gasteiger partial charge in [-0.1, -0.05) is 48.5 Å². The smallest absolute Gasteiger partial charge is 0.313 e. The minimum atomic E-state index is -0.317. The van der Waals surface area contributed by atoms with Crippen molar-refractivity contribution in [3.8, 4) is 0 Å². The van der Waals surface area contributed by atoms with Gasteiger partial charge >= 0.3 is 5.97 Å². The summed E-state index contributed by atoms with van der Waals surface area (Å²) in [5.74, 6) is 2.41. The molecule has 3 heteroatoms. The van der Waals surface area contributed by atoms with Crippen LogP contribution in [0.3, 0.4) is 0 Å². The first kappa shape index (κ1) is 22.6. The third-order valence-electron chi connectivity index (χ3n) is 13.8. The third kappa shape index (κ3) is 2.39. The molecule has 2 heterocycles. The molecule has 10 unspecified atom stereocenters. The third-order valence-corrected chi connectivity index (χ3v) is 13.8. The van der Waals surface area contributed by atoms with Crippen LogP contribution in [0.1, 0.15) is 113 Å². The van der Waals surface area contributed by atoms with E-state index in [1.165, 1.54) is 25.7 Å². The lowest BCUT2D eigenvalue weighted by atomic mass is 9.28. The molecule has 1 spiro atoms. The summed E-state index contributed by atoms with van der Waals surface area (Å²) < 4.78 is 6.34. The monoisotopic (exact) mass is 454 g/mol. The van der Waals surface area contributed by atoms with Crippen molar-refractivity contribution in [1.29, 1.82) is 0 Å². The minimum absolute atomic E-state index is 0.0175. The van der Waals surface area contributed by atoms with Crippen LogP contribution in [0, 0.1) is 56.2 Å². The summed E-state index contributed by atoms with van der Waals surface area (Å²) in [5.41, 5.74) is 0.497. The molecule has 5 saturated carbocycles. The summed E-state index contributed by atoms with van der Waals surface area (Å²) in [6.07, 6.45) is 11.0. The van der Waals surface area contributed by atoms with Crippen molar-refractivity contribution in [3.05, 3.63) is 0 Å². The van der Waals surface area contributed by atoms with E-state index in [0.717, 1.165) is 38.5 Å². The Kier molecular flexibility index (Phi) is 4.30. The molecule has 0 radical (unpaired) electrons. The van der Waals surface area contributed by atoms with E-state index in [0.29, 0.717) is 29.0 Å². The van der Waals surface area contributed by atoms with E-state index in [1.54, 1.807) is 0 Å². The molecule has 7 fully saturated rings. The molecule has 0 aromatic carbocycles. The van der Waals surface area contributed by atoms with Gasteiger partial charge in [0.05, 0.1) is 5.41 Å². The lowest BCUT2D eigenvalue weighted by Gasteiger charge is -2.77. The summed E-state index contributed by atoms with van der Waals surface area (Å²) in [5, 5.41) is 0. The summed E-state index contributed by atoms with van der Waals surface area (Å²) in [4.78, 5) is 26.7. The van der Waals surface area contributed by atoms with Crippen LogP contribution < -0.4 is 0 Å². The zero-order chi connectivity index (χ0) is 23.8. The second-order valence-corrected chi connectivity index (χ2v) is 15.3. The fourth-order valence-corrected chi connectivity index (χ4v) is 11.7. The lowest BCUT2D eigenvalue weighted by Crippen LogP contribution is -2.76. The van der Waals surface area contributed by atoms with E-state index in [1.807, 2.05) is 0 Å². The molecule has 0 aromatic rings. The van der Waals surface area contributed by atoms with Crippen LogP contribution in [-0.2, 0) is 14.3 Å². The van der Waals surface area contributed by atoms with Crippen LogP contribution in [0.5, 0.6) is 0 Å². The van der Waals surface area contributed by atoms with Gasteiger partial charge in [0.1, 0.15) is 11.9 Å². The molecule has 0 aromatic heterocycles. The average molecular weight is 455 g/mol. The number of fused-ring (bicyclic) bond motifs is 4. The quantitative estimate of drug-likeness (QED) is 0.371. The van der Waals surface area contributed by atoms with Crippen molar-refractivity contribution in [2.75, 3.05) is 0 Å². The Hall–Kier alpha value is -0.860. The fraction of sp³-hybridized carbons (Fsp3) is 0.933. The van der Waals surface area contributed by atoms with Gasteiger partial charge < -0.3 is 4.74 Å². The molecule has 0 N–H and O–H groups in total. The van der Waals surface area contributed by atoms with Gasteiger partial charge in [-0.2, -0.15) is 0 Å². The second kappa shape index (κ2) is 6.28. The Balaban J connectivity index is 1.46. The molecule has 10 atom stereocenters. The number of ether oxygens (including phenoxy) is 1. The predicted molar refractivity (Wildman–Crippen MR) is 129 cm³/mol. The van der Waals surface area contributed by atoms with Crippen LogP contribution in [0.25, 0.3) is 0 Å². The lowest BCUT2D eigenvalue weighted by molar-refractivity contribution is -0.319. The Labute approximate surface area is 201 Å². The van der Waals surface area contributed by atoms with Crippen molar-refractivity contribution in [2.45, 2.75) is 119 Å². The van der Waals surface area contributed by atoms with Gasteiger partial charge in [0.2, 0.25) is 0 Å². The molecule has 2 bridgehead atoms. The molecule has 2 saturated heterocycles. The molecule has 7 rings (SSSR count). The maximum Gasteiger partial charge on any atom is 0.313 e. The van der Waals surface area contributed by atoms with E-state index < -0.39 is 0 Å². The van der Waals surface area contributed by atoms with Gasteiger partial charge in [-0.25, -0.2) is 0 Å². The Morgan fingerprint density at radius 1 is 0.727 bits per heavy atom. The number of esters is 1. The Bertz CT molecular complexity index is 922. The van der Waals surface area contributed by atoms with E-state index >= 15 is 0 Å². The number of ketones is 1. The minimum Gasteiger partial charge on any atom is -0.461 e. The second-order valence-electron chi connectivity index (χ2n) is 15.3. The summed E-state index contributed by atoms with van der Waals surface area (Å²) in [6.45, 7) is 17.0. The number of hydrogen-bond donors (Lipinski definition) is 0. The van der Waals surface area contributed by atoms with Crippen molar-refractivity contribution in [2.24, 2.45) is 56.2 Å². The van der Waals surface area contributed by atoms with Gasteiger partial charge in [-0.15, -0.1) is 0 Å². The number of Topliss-reactive ketones (excluding diaryl/α,β-unsaturated/α-hetero) is 1. The average Bonchev–Trinajstić information content (AvgIpc) is 2.72. The van der Waals surface area contributed by atoms with Crippen LogP contribution in [0.15, 0.2) is 0 Å². The highest BCUT2D eigenvalue weighted by Gasteiger charge is 2.79. The van der Waals surface area contributed by atoms with Crippen molar-refractivity contribution >= 4 is 11.8 Å². The molecule has 7 aliphatic rings. The fourth-order valence-electron chi connectivity index (χ4n) is 11.7. The molecule has 3 nitrogen and oxygen atoms in total. The highest BCUT2D eigenvalue weighted by Crippen LogP contribution is 2.80. The molecule has 5 aliphatic carbocycles. The van der Waals surface area contributed by atoms with Gasteiger partial charge in [0.15, 0.2) is 0 Å². The number of carbonyl (C=O) groups is 2. The van der Waals surface area contributed by atoms with Gasteiger partial charge in [-0.3, -0.25) is 9.59 Å². The predicted octanol–water partition coefficient (Wildman–Crippen LogP) is 6.97. The van der Waals surface area contributed by atoms with Crippen LogP contribution in [0.4, 0.5) is 0 Å². The number of carbonyl (C=O) groups excluding carboxylic acids is 2. The zero-order valence-corrected chi connectivity index (χ0v) is 22.2. The first-order valence-electron chi connectivity index (χ1n) is 14.0. The molecular formula is C30H46O3. The van der Waals surface area contributed by atoms with Gasteiger partial charge in [-0.05, 0) is 97.2 Å². The van der Waals surface area contributed by atoms with E-state index in [2.05, 4.69) is 48.5 Å². The molecular weight excluding hydrogens is 408 g/mol. The summed E-state index contributed by atoms with van der Waals surface area (Å²) in [7, 11) is 0. The van der Waals surface area contributed by atoms with Crippen molar-refractivity contribution in [1.82, 2.24) is 0 Å². The molecule has 0 amide bonds. The molecule has 2 aliphatic heterocycles.